The van der Waals surface area contributed by atoms with Crippen LogP contribution in [0.2, 0.25) is 0 Å². The molecule has 1 aromatic heterocycles. The molecule has 1 heterocycles. The van der Waals surface area contributed by atoms with Gasteiger partial charge in [0.05, 0.1) is 24.1 Å². The van der Waals surface area contributed by atoms with Crippen LogP contribution in [0.25, 0.3) is 11.3 Å². The number of para-hydroxylation sites is 1. The SMILES string of the molecule is COc1ccccc1-c1c2c(nn1C)CCCC2=O. The van der Waals surface area contributed by atoms with Gasteiger partial charge in [0, 0.05) is 19.0 Å². The zero-order valence-electron chi connectivity index (χ0n) is 11.1. The van der Waals surface area contributed by atoms with Crippen molar-refractivity contribution in [1.82, 2.24) is 9.78 Å². The lowest BCUT2D eigenvalue weighted by Gasteiger charge is -2.12. The number of carbonyl (C=O) groups is 1. The van der Waals surface area contributed by atoms with E-state index in [1.807, 2.05) is 31.3 Å². The third-order valence-corrected chi connectivity index (χ3v) is 3.58. The lowest BCUT2D eigenvalue weighted by molar-refractivity contribution is 0.0973. The molecule has 2 aromatic rings. The monoisotopic (exact) mass is 256 g/mol. The summed E-state index contributed by atoms with van der Waals surface area (Å²) in [6.07, 6.45) is 2.39. The fraction of sp³-hybridized carbons (Fsp3) is 0.333. The molecule has 0 radical (unpaired) electrons. The third-order valence-electron chi connectivity index (χ3n) is 3.58. The molecule has 3 rings (SSSR count). The Labute approximate surface area is 112 Å². The van der Waals surface area contributed by atoms with Crippen molar-refractivity contribution in [2.24, 2.45) is 7.05 Å². The Kier molecular flexibility index (Phi) is 2.85. The molecule has 0 saturated carbocycles. The highest BCUT2D eigenvalue weighted by Crippen LogP contribution is 2.35. The molecule has 4 nitrogen and oxygen atoms in total. The van der Waals surface area contributed by atoms with E-state index in [0.29, 0.717) is 6.42 Å². The number of aromatic nitrogens is 2. The number of aryl methyl sites for hydroxylation is 2. The van der Waals surface area contributed by atoms with Crippen molar-refractivity contribution in [3.8, 4) is 17.0 Å². The number of Topliss-reactive ketones (excluding diaryl/α,β-unsaturated/α-hetero) is 1. The van der Waals surface area contributed by atoms with Gasteiger partial charge in [-0.15, -0.1) is 0 Å². The Morgan fingerprint density at radius 2 is 2.05 bits per heavy atom. The lowest BCUT2D eigenvalue weighted by Crippen LogP contribution is -2.10. The molecule has 0 saturated heterocycles. The Bertz CT molecular complexity index is 644. The average molecular weight is 256 g/mol. The van der Waals surface area contributed by atoms with Gasteiger partial charge in [0.1, 0.15) is 5.75 Å². The summed E-state index contributed by atoms with van der Waals surface area (Å²) in [5, 5.41) is 4.49. The van der Waals surface area contributed by atoms with Gasteiger partial charge >= 0.3 is 0 Å². The zero-order chi connectivity index (χ0) is 13.4. The number of methoxy groups -OCH3 is 1. The summed E-state index contributed by atoms with van der Waals surface area (Å²) >= 11 is 0. The zero-order valence-corrected chi connectivity index (χ0v) is 11.1. The van der Waals surface area contributed by atoms with Crippen LogP contribution in [0.3, 0.4) is 0 Å². The Morgan fingerprint density at radius 3 is 2.84 bits per heavy atom. The smallest absolute Gasteiger partial charge is 0.166 e. The van der Waals surface area contributed by atoms with Gasteiger partial charge in [0.2, 0.25) is 0 Å². The molecule has 0 aliphatic heterocycles. The Balaban J connectivity index is 2.26. The minimum Gasteiger partial charge on any atom is -0.496 e. The molecule has 0 bridgehead atoms. The number of rotatable bonds is 2. The third kappa shape index (κ3) is 1.84. The molecule has 19 heavy (non-hydrogen) atoms. The predicted octanol–water partition coefficient (Wildman–Crippen LogP) is 2.61. The fourth-order valence-corrected chi connectivity index (χ4v) is 2.74. The molecular formula is C15H16N2O2. The first-order valence-corrected chi connectivity index (χ1v) is 6.45. The summed E-state index contributed by atoms with van der Waals surface area (Å²) in [6, 6.07) is 7.75. The van der Waals surface area contributed by atoms with Gasteiger partial charge in [-0.3, -0.25) is 9.48 Å². The molecule has 0 N–H and O–H groups in total. The second kappa shape index (κ2) is 4.53. The predicted molar refractivity (Wildman–Crippen MR) is 72.5 cm³/mol. The van der Waals surface area contributed by atoms with Crippen molar-refractivity contribution < 1.29 is 9.53 Å². The first kappa shape index (κ1) is 12.0. The van der Waals surface area contributed by atoms with Crippen LogP contribution in [0.15, 0.2) is 24.3 Å². The molecule has 0 atom stereocenters. The van der Waals surface area contributed by atoms with Gasteiger partial charge < -0.3 is 4.74 Å². The second-order valence-electron chi connectivity index (χ2n) is 4.77. The Hall–Kier alpha value is -2.10. The lowest BCUT2D eigenvalue weighted by atomic mass is 9.92. The number of ketones is 1. The number of fused-ring (bicyclic) bond motifs is 1. The van der Waals surface area contributed by atoms with Crippen molar-refractivity contribution in [2.45, 2.75) is 19.3 Å². The molecule has 0 unspecified atom stereocenters. The highest BCUT2D eigenvalue weighted by atomic mass is 16.5. The summed E-state index contributed by atoms with van der Waals surface area (Å²) in [6.45, 7) is 0. The minimum absolute atomic E-state index is 0.190. The molecule has 0 spiro atoms. The van der Waals surface area contributed by atoms with Gasteiger partial charge in [0.25, 0.3) is 0 Å². The summed E-state index contributed by atoms with van der Waals surface area (Å²) in [4.78, 5) is 12.2. The number of benzene rings is 1. The van der Waals surface area contributed by atoms with Crippen LogP contribution in [-0.2, 0) is 13.5 Å². The fourth-order valence-electron chi connectivity index (χ4n) is 2.74. The van der Waals surface area contributed by atoms with Crippen LogP contribution < -0.4 is 4.74 Å². The minimum atomic E-state index is 0.190. The summed E-state index contributed by atoms with van der Waals surface area (Å²) in [7, 11) is 3.52. The highest BCUT2D eigenvalue weighted by molar-refractivity contribution is 6.04. The summed E-state index contributed by atoms with van der Waals surface area (Å²) in [5.74, 6) is 0.960. The van der Waals surface area contributed by atoms with Gasteiger partial charge in [-0.05, 0) is 25.0 Å². The van der Waals surface area contributed by atoms with Crippen LogP contribution in [0.5, 0.6) is 5.75 Å². The molecule has 1 aliphatic carbocycles. The molecule has 1 aromatic carbocycles. The van der Waals surface area contributed by atoms with Gasteiger partial charge in [-0.25, -0.2) is 0 Å². The average Bonchev–Trinajstić information content (AvgIpc) is 2.76. The van der Waals surface area contributed by atoms with E-state index in [2.05, 4.69) is 5.10 Å². The van der Waals surface area contributed by atoms with Crippen molar-refractivity contribution in [1.29, 1.82) is 0 Å². The van der Waals surface area contributed by atoms with E-state index in [-0.39, 0.29) is 5.78 Å². The first-order valence-electron chi connectivity index (χ1n) is 6.45. The molecule has 0 amide bonds. The van der Waals surface area contributed by atoms with Crippen LogP contribution in [0, 0.1) is 0 Å². The largest absolute Gasteiger partial charge is 0.496 e. The normalized spacial score (nSPS) is 14.3. The van der Waals surface area contributed by atoms with Crippen LogP contribution >= 0.6 is 0 Å². The van der Waals surface area contributed by atoms with E-state index in [4.69, 9.17) is 4.74 Å². The highest BCUT2D eigenvalue weighted by Gasteiger charge is 2.27. The van der Waals surface area contributed by atoms with Crippen LogP contribution in [0.1, 0.15) is 28.9 Å². The second-order valence-corrected chi connectivity index (χ2v) is 4.77. The number of carbonyl (C=O) groups excluding carboxylic acids is 1. The van der Waals surface area contributed by atoms with Gasteiger partial charge in [-0.1, -0.05) is 12.1 Å². The molecule has 4 heteroatoms. The molecule has 0 fully saturated rings. The summed E-state index contributed by atoms with van der Waals surface area (Å²) in [5.41, 5.74) is 3.49. The van der Waals surface area contributed by atoms with E-state index < -0.39 is 0 Å². The van der Waals surface area contributed by atoms with Crippen molar-refractivity contribution >= 4 is 5.78 Å². The quantitative estimate of drug-likeness (QED) is 0.829. The maximum absolute atomic E-state index is 12.2. The van der Waals surface area contributed by atoms with Crippen molar-refractivity contribution in [3.63, 3.8) is 0 Å². The van der Waals surface area contributed by atoms with E-state index in [0.717, 1.165) is 41.1 Å². The van der Waals surface area contributed by atoms with E-state index >= 15 is 0 Å². The molecule has 1 aliphatic rings. The van der Waals surface area contributed by atoms with Crippen LogP contribution in [-0.4, -0.2) is 22.7 Å². The van der Waals surface area contributed by atoms with E-state index in [1.165, 1.54) is 0 Å². The number of hydrogen-bond donors (Lipinski definition) is 0. The van der Waals surface area contributed by atoms with Gasteiger partial charge in [0.15, 0.2) is 5.78 Å². The number of hydrogen-bond acceptors (Lipinski definition) is 3. The maximum Gasteiger partial charge on any atom is 0.166 e. The molecule has 98 valence electrons. The first-order chi connectivity index (χ1) is 9.22. The van der Waals surface area contributed by atoms with E-state index in [1.54, 1.807) is 11.8 Å². The van der Waals surface area contributed by atoms with Crippen LogP contribution in [0.4, 0.5) is 0 Å². The number of nitrogens with zero attached hydrogens (tertiary/aromatic N) is 2. The van der Waals surface area contributed by atoms with Crippen molar-refractivity contribution in [3.05, 3.63) is 35.5 Å². The topological polar surface area (TPSA) is 44.1 Å². The van der Waals surface area contributed by atoms with Crippen molar-refractivity contribution in [2.75, 3.05) is 7.11 Å². The molecular weight excluding hydrogens is 240 g/mol. The van der Waals surface area contributed by atoms with Gasteiger partial charge in [-0.2, -0.15) is 5.10 Å². The standard InChI is InChI=1S/C15H16N2O2/c1-17-15(10-6-3-4-9-13(10)19-2)14-11(16-17)7-5-8-12(14)18/h3-4,6,9H,5,7-8H2,1-2H3. The summed E-state index contributed by atoms with van der Waals surface area (Å²) < 4.78 is 7.20. The number of ether oxygens (including phenoxy) is 1. The Morgan fingerprint density at radius 1 is 1.26 bits per heavy atom. The van der Waals surface area contributed by atoms with E-state index in [9.17, 15) is 4.79 Å². The maximum atomic E-state index is 12.2.